The molecule has 5 nitrogen and oxygen atoms in total. The number of amides is 1. The number of nitrogens with two attached hydrogens (primary N) is 1. The van der Waals surface area contributed by atoms with Crippen LogP contribution in [0.2, 0.25) is 0 Å². The Morgan fingerprint density at radius 3 is 2.84 bits per heavy atom. The first-order valence-electron chi connectivity index (χ1n) is 8.27. The molecule has 0 saturated carbocycles. The molecule has 5 heteroatoms. The monoisotopic (exact) mass is 334 g/mol. The average molecular weight is 334 g/mol. The third-order valence-corrected chi connectivity index (χ3v) is 4.01. The van der Waals surface area contributed by atoms with E-state index in [2.05, 4.69) is 59.7 Å². The second-order valence-electron chi connectivity index (χ2n) is 6.86. The molecule has 0 spiro atoms. The summed E-state index contributed by atoms with van der Waals surface area (Å²) in [5, 5.41) is 11.5. The van der Waals surface area contributed by atoms with Gasteiger partial charge in [-0.15, -0.1) is 0 Å². The zero-order chi connectivity index (χ0) is 17.9. The number of fused-ring (bicyclic) bond motifs is 1. The van der Waals surface area contributed by atoms with Crippen molar-refractivity contribution >= 4 is 23.4 Å². The summed E-state index contributed by atoms with van der Waals surface area (Å²) in [4.78, 5) is 10.7. The van der Waals surface area contributed by atoms with Crippen LogP contribution in [0.3, 0.4) is 0 Å². The van der Waals surface area contributed by atoms with Crippen molar-refractivity contribution in [1.29, 1.82) is 0 Å². The van der Waals surface area contributed by atoms with Crippen molar-refractivity contribution in [3.8, 4) is 0 Å². The number of nitrogens with zero attached hydrogens (tertiary/aromatic N) is 2. The predicted molar refractivity (Wildman–Crippen MR) is 100 cm³/mol. The molecule has 0 aromatic heterocycles. The van der Waals surface area contributed by atoms with E-state index in [9.17, 15) is 4.79 Å². The molecule has 0 radical (unpaired) electrons. The minimum atomic E-state index is -0.493. The summed E-state index contributed by atoms with van der Waals surface area (Å²) in [5.74, 6) is -0.493. The highest BCUT2D eigenvalue weighted by Gasteiger charge is 2.26. The number of rotatable bonds is 4. The summed E-state index contributed by atoms with van der Waals surface area (Å²) >= 11 is 0. The highest BCUT2D eigenvalue weighted by atomic mass is 16.1. The van der Waals surface area contributed by atoms with Crippen molar-refractivity contribution in [3.05, 3.63) is 65.2 Å². The van der Waals surface area contributed by atoms with Gasteiger partial charge in [-0.1, -0.05) is 36.4 Å². The smallest absolute Gasteiger partial charge is 0.241 e. The lowest BCUT2D eigenvalue weighted by Crippen LogP contribution is -2.43. The molecular weight excluding hydrogens is 312 g/mol. The van der Waals surface area contributed by atoms with Crippen LogP contribution in [-0.2, 0) is 11.2 Å². The van der Waals surface area contributed by atoms with Gasteiger partial charge in [0.15, 0.2) is 0 Å². The van der Waals surface area contributed by atoms with E-state index in [0.717, 1.165) is 17.7 Å². The molecule has 0 fully saturated rings. The predicted octanol–water partition coefficient (Wildman–Crippen LogP) is 3.68. The van der Waals surface area contributed by atoms with Gasteiger partial charge in [0.25, 0.3) is 0 Å². The Hall–Kier alpha value is -2.95. The molecule has 0 unspecified atom stereocenters. The number of hydrogen-bond donors (Lipinski definition) is 2. The molecule has 1 amide bonds. The van der Waals surface area contributed by atoms with Crippen LogP contribution in [0.25, 0.3) is 11.8 Å². The van der Waals surface area contributed by atoms with Crippen molar-refractivity contribution in [2.75, 3.05) is 6.54 Å². The average Bonchev–Trinajstić information content (AvgIpc) is 2.54. The van der Waals surface area contributed by atoms with Gasteiger partial charge in [-0.3, -0.25) is 4.79 Å². The van der Waals surface area contributed by atoms with E-state index < -0.39 is 5.91 Å². The molecule has 128 valence electrons. The van der Waals surface area contributed by atoms with Crippen molar-refractivity contribution in [1.82, 2.24) is 5.32 Å². The Kier molecular flexibility index (Phi) is 4.65. The molecule has 0 saturated heterocycles. The third kappa shape index (κ3) is 4.32. The summed E-state index contributed by atoms with van der Waals surface area (Å²) in [5.41, 5.74) is 10.4. The van der Waals surface area contributed by atoms with Crippen LogP contribution in [0.1, 0.15) is 30.5 Å². The standard InChI is InChI=1S/C20H22N4O/c1-20(2)12-15-7-3-4-9-17(15)18(23-20)11-14-6-5-8-16(10-14)24-22-13-19(21)25/h3-11,23H,12-13H2,1-2H3,(H2,21,25)/b18-11+,24-22?. The fourth-order valence-corrected chi connectivity index (χ4v) is 3.03. The zero-order valence-electron chi connectivity index (χ0n) is 14.5. The van der Waals surface area contributed by atoms with Gasteiger partial charge in [-0.05, 0) is 49.6 Å². The van der Waals surface area contributed by atoms with Gasteiger partial charge in [0.1, 0.15) is 6.54 Å². The maximum absolute atomic E-state index is 10.7. The van der Waals surface area contributed by atoms with E-state index in [-0.39, 0.29) is 12.1 Å². The molecule has 25 heavy (non-hydrogen) atoms. The first kappa shape index (κ1) is 16.9. The number of hydrogen-bond acceptors (Lipinski definition) is 4. The Labute approximate surface area is 147 Å². The van der Waals surface area contributed by atoms with Crippen LogP contribution in [0, 0.1) is 0 Å². The van der Waals surface area contributed by atoms with Crippen molar-refractivity contribution < 1.29 is 4.79 Å². The van der Waals surface area contributed by atoms with Gasteiger partial charge in [-0.2, -0.15) is 10.2 Å². The summed E-state index contributed by atoms with van der Waals surface area (Å²) in [6, 6.07) is 16.2. The van der Waals surface area contributed by atoms with Crippen LogP contribution >= 0.6 is 0 Å². The lowest BCUT2D eigenvalue weighted by atomic mass is 9.85. The Morgan fingerprint density at radius 1 is 1.24 bits per heavy atom. The third-order valence-electron chi connectivity index (χ3n) is 4.01. The fourth-order valence-electron chi connectivity index (χ4n) is 3.03. The summed E-state index contributed by atoms with van der Waals surface area (Å²) in [6.07, 6.45) is 3.11. The summed E-state index contributed by atoms with van der Waals surface area (Å²) in [7, 11) is 0. The van der Waals surface area contributed by atoms with E-state index in [0.29, 0.717) is 5.69 Å². The summed E-state index contributed by atoms with van der Waals surface area (Å²) in [6.45, 7) is 4.30. The molecular formula is C20H22N4O. The molecule has 0 bridgehead atoms. The maximum atomic E-state index is 10.7. The number of benzene rings is 2. The topological polar surface area (TPSA) is 79.8 Å². The normalized spacial score (nSPS) is 17.3. The largest absolute Gasteiger partial charge is 0.379 e. The Bertz CT molecular complexity index is 852. The van der Waals surface area contributed by atoms with Crippen LogP contribution in [0.4, 0.5) is 5.69 Å². The molecule has 3 rings (SSSR count). The number of nitrogens with one attached hydrogen (secondary N) is 1. The Balaban J connectivity index is 1.92. The van der Waals surface area contributed by atoms with Crippen molar-refractivity contribution in [2.45, 2.75) is 25.8 Å². The molecule has 1 heterocycles. The quantitative estimate of drug-likeness (QED) is 0.837. The van der Waals surface area contributed by atoms with Crippen LogP contribution in [-0.4, -0.2) is 18.0 Å². The van der Waals surface area contributed by atoms with Crippen molar-refractivity contribution in [2.24, 2.45) is 16.0 Å². The first-order valence-corrected chi connectivity index (χ1v) is 8.27. The number of carbonyl (C=O) groups is 1. The van der Waals surface area contributed by atoms with Crippen LogP contribution in [0.5, 0.6) is 0 Å². The first-order chi connectivity index (χ1) is 11.9. The highest BCUT2D eigenvalue weighted by Crippen LogP contribution is 2.31. The minimum absolute atomic E-state index is 0.000999. The molecule has 3 N–H and O–H groups in total. The molecule has 0 aliphatic carbocycles. The van der Waals surface area contributed by atoms with Crippen LogP contribution in [0.15, 0.2) is 58.8 Å². The van der Waals surface area contributed by atoms with Crippen LogP contribution < -0.4 is 11.1 Å². The van der Waals surface area contributed by atoms with Crippen molar-refractivity contribution in [3.63, 3.8) is 0 Å². The molecule has 1 aliphatic rings. The van der Waals surface area contributed by atoms with E-state index in [1.54, 1.807) is 0 Å². The highest BCUT2D eigenvalue weighted by molar-refractivity contribution is 5.83. The van der Waals surface area contributed by atoms with E-state index in [1.807, 2.05) is 24.3 Å². The Morgan fingerprint density at radius 2 is 2.04 bits per heavy atom. The summed E-state index contributed by atoms with van der Waals surface area (Å²) < 4.78 is 0. The van der Waals surface area contributed by atoms with Gasteiger partial charge < -0.3 is 11.1 Å². The van der Waals surface area contributed by atoms with E-state index in [1.165, 1.54) is 11.1 Å². The number of carbonyl (C=O) groups excluding carboxylic acids is 1. The van der Waals surface area contributed by atoms with Gasteiger partial charge in [0, 0.05) is 16.8 Å². The SMILES string of the molecule is CC1(C)Cc2ccccc2/C(=C\c2cccc(N=NCC(N)=O)c2)N1. The van der Waals surface area contributed by atoms with Gasteiger partial charge in [0.05, 0.1) is 5.69 Å². The van der Waals surface area contributed by atoms with E-state index >= 15 is 0 Å². The number of azo groups is 1. The second kappa shape index (κ2) is 6.89. The lowest BCUT2D eigenvalue weighted by molar-refractivity contribution is -0.116. The van der Waals surface area contributed by atoms with Gasteiger partial charge in [0.2, 0.25) is 5.91 Å². The lowest BCUT2D eigenvalue weighted by Gasteiger charge is -2.35. The zero-order valence-corrected chi connectivity index (χ0v) is 14.5. The minimum Gasteiger partial charge on any atom is -0.379 e. The fraction of sp³-hybridized carbons (Fsp3) is 0.250. The van der Waals surface area contributed by atoms with E-state index in [4.69, 9.17) is 5.73 Å². The molecule has 1 aliphatic heterocycles. The maximum Gasteiger partial charge on any atom is 0.241 e. The number of primary amides is 1. The second-order valence-corrected chi connectivity index (χ2v) is 6.86. The molecule has 0 atom stereocenters. The van der Waals surface area contributed by atoms with Gasteiger partial charge >= 0.3 is 0 Å². The molecule has 2 aromatic carbocycles. The molecule has 2 aromatic rings. The van der Waals surface area contributed by atoms with Gasteiger partial charge in [-0.25, -0.2) is 0 Å².